The van der Waals surface area contributed by atoms with E-state index in [0.29, 0.717) is 6.54 Å². The molecule has 3 heterocycles. The van der Waals surface area contributed by atoms with Gasteiger partial charge >= 0.3 is 12.0 Å². The van der Waals surface area contributed by atoms with E-state index < -0.39 is 42.8 Å². The van der Waals surface area contributed by atoms with Gasteiger partial charge in [-0.05, 0) is 37.6 Å². The summed E-state index contributed by atoms with van der Waals surface area (Å²) in [7, 11) is 0. The average Bonchev–Trinajstić information content (AvgIpc) is 3.53. The van der Waals surface area contributed by atoms with Gasteiger partial charge in [0.05, 0.1) is 0 Å². The fourth-order valence-electron chi connectivity index (χ4n) is 4.64. The number of hydrogen-bond acceptors (Lipinski definition) is 10. The Balaban J connectivity index is 1.35. The number of carboxylic acid groups (broad SMARTS) is 1. The van der Waals surface area contributed by atoms with Crippen molar-refractivity contribution in [3.63, 3.8) is 0 Å². The first-order valence-corrected chi connectivity index (χ1v) is 13.4. The Bertz CT molecular complexity index is 1450. The molecule has 2 saturated heterocycles. The molecule has 13 nitrogen and oxygen atoms in total. The molecule has 2 aliphatic rings. The zero-order valence-corrected chi connectivity index (χ0v) is 23.0. The minimum absolute atomic E-state index is 0.00951. The number of aromatic nitrogens is 2. The first-order valence-electron chi connectivity index (χ1n) is 13.4. The number of rotatable bonds is 10. The average molecular weight is 577 g/mol. The number of nitrogens with two attached hydrogens (primary N) is 1. The van der Waals surface area contributed by atoms with E-state index in [1.54, 1.807) is 38.1 Å². The van der Waals surface area contributed by atoms with Crippen molar-refractivity contribution < 1.29 is 33.6 Å². The van der Waals surface area contributed by atoms with Gasteiger partial charge in [-0.1, -0.05) is 48.0 Å². The Morgan fingerprint density at radius 2 is 1.83 bits per heavy atom. The van der Waals surface area contributed by atoms with E-state index >= 15 is 0 Å². The first-order chi connectivity index (χ1) is 20.3. The molecule has 3 aromatic rings. The van der Waals surface area contributed by atoms with Crippen molar-refractivity contribution in [3.8, 4) is 5.75 Å². The number of amides is 2. The van der Waals surface area contributed by atoms with Crippen molar-refractivity contribution in [2.45, 2.75) is 44.7 Å². The number of aromatic carboxylic acids is 1. The maximum atomic E-state index is 12.0. The number of anilines is 3. The molecule has 5 rings (SSSR count). The minimum Gasteiger partial charge on any atom is -0.490 e. The third kappa shape index (κ3) is 6.60. The van der Waals surface area contributed by atoms with Gasteiger partial charge < -0.3 is 40.4 Å². The first kappa shape index (κ1) is 28.8. The summed E-state index contributed by atoms with van der Waals surface area (Å²) in [6.07, 6.45) is 1.70. The van der Waals surface area contributed by atoms with Crippen LogP contribution in [0.2, 0.25) is 0 Å². The summed E-state index contributed by atoms with van der Waals surface area (Å²) in [4.78, 5) is 32.1. The van der Waals surface area contributed by atoms with Crippen LogP contribution >= 0.6 is 0 Å². The predicted octanol–water partition coefficient (Wildman–Crippen LogP) is 3.25. The molecule has 0 radical (unpaired) electrons. The van der Waals surface area contributed by atoms with Crippen molar-refractivity contribution in [2.75, 3.05) is 29.5 Å². The lowest BCUT2D eigenvalue weighted by molar-refractivity contribution is -0.107. The number of ether oxygens (including phenoxy) is 4. The largest absolute Gasteiger partial charge is 0.490 e. The van der Waals surface area contributed by atoms with Gasteiger partial charge in [0.1, 0.15) is 48.2 Å². The Morgan fingerprint density at radius 1 is 1.07 bits per heavy atom. The van der Waals surface area contributed by atoms with Gasteiger partial charge in [0.25, 0.3) is 0 Å². The highest BCUT2D eigenvalue weighted by Gasteiger charge is 2.53. The normalized spacial score (nSPS) is 23.0. The number of nitrogen functional groups attached to an aromatic ring is 1. The maximum Gasteiger partial charge on any atom is 0.339 e. The van der Waals surface area contributed by atoms with Crippen molar-refractivity contribution in [2.24, 2.45) is 0 Å². The number of fused-ring (bicyclic) bond motifs is 1. The molecule has 0 aliphatic carbocycles. The summed E-state index contributed by atoms with van der Waals surface area (Å²) in [5, 5.41) is 18.0. The predicted molar refractivity (Wildman–Crippen MR) is 154 cm³/mol. The van der Waals surface area contributed by atoms with E-state index in [-0.39, 0.29) is 35.2 Å². The molecule has 6 N–H and O–H groups in total. The van der Waals surface area contributed by atoms with Gasteiger partial charge in [0.2, 0.25) is 0 Å². The van der Waals surface area contributed by atoms with E-state index in [1.165, 1.54) is 6.33 Å². The lowest BCUT2D eigenvalue weighted by atomic mass is 10.1. The van der Waals surface area contributed by atoms with Crippen LogP contribution in [0.4, 0.5) is 22.1 Å². The number of benzene rings is 2. The summed E-state index contributed by atoms with van der Waals surface area (Å²) in [6, 6.07) is 14.2. The molecule has 2 aliphatic heterocycles. The van der Waals surface area contributed by atoms with E-state index in [2.05, 4.69) is 25.9 Å². The van der Waals surface area contributed by atoms with E-state index in [0.717, 1.165) is 11.1 Å². The Hall–Kier alpha value is -4.72. The summed E-state index contributed by atoms with van der Waals surface area (Å²) in [5.74, 6) is -0.534. The summed E-state index contributed by atoms with van der Waals surface area (Å²) in [6.45, 7) is 4.01. The van der Waals surface area contributed by atoms with Gasteiger partial charge in [-0.15, -0.1) is 0 Å². The summed E-state index contributed by atoms with van der Waals surface area (Å²) < 4.78 is 24.6. The van der Waals surface area contributed by atoms with Crippen LogP contribution < -0.4 is 26.4 Å². The van der Waals surface area contributed by atoms with Gasteiger partial charge in [0.15, 0.2) is 24.2 Å². The number of carbonyl (C=O) groups excluding carboxylic acids is 1. The van der Waals surface area contributed by atoms with Crippen LogP contribution in [0.1, 0.15) is 28.4 Å². The molecule has 0 bridgehead atoms. The Kier molecular flexibility index (Phi) is 8.81. The lowest BCUT2D eigenvalue weighted by Gasteiger charge is -2.22. The fraction of sp³-hybridized carbons (Fsp3) is 0.310. The lowest BCUT2D eigenvalue weighted by Crippen LogP contribution is -2.35. The van der Waals surface area contributed by atoms with Crippen LogP contribution in [-0.4, -0.2) is 71.1 Å². The number of nitrogens with one attached hydrogen (secondary N) is 3. The fourth-order valence-corrected chi connectivity index (χ4v) is 4.64. The van der Waals surface area contributed by atoms with Crippen molar-refractivity contribution in [3.05, 3.63) is 77.6 Å². The second kappa shape index (κ2) is 12.9. The van der Waals surface area contributed by atoms with Crippen LogP contribution in [-0.2, 0) is 14.2 Å². The molecule has 2 aromatic carbocycles. The van der Waals surface area contributed by atoms with Crippen LogP contribution in [0.3, 0.4) is 0 Å². The second-order valence-electron chi connectivity index (χ2n) is 9.66. The molecule has 2 amide bonds. The van der Waals surface area contributed by atoms with E-state index in [4.69, 9.17) is 24.7 Å². The quantitative estimate of drug-likeness (QED) is 0.239. The molecule has 4 unspecified atom stereocenters. The number of urea groups is 1. The highest BCUT2D eigenvalue weighted by atomic mass is 16.8. The summed E-state index contributed by atoms with van der Waals surface area (Å²) in [5.41, 5.74) is 8.19. The number of nitrogens with zero attached hydrogens (tertiary/aromatic N) is 2. The molecule has 13 heteroatoms. The molecule has 2 fully saturated rings. The van der Waals surface area contributed by atoms with Crippen molar-refractivity contribution >= 4 is 35.4 Å². The van der Waals surface area contributed by atoms with E-state index in [9.17, 15) is 14.7 Å². The monoisotopic (exact) mass is 576 g/mol. The number of carboxylic acids is 1. The third-order valence-corrected chi connectivity index (χ3v) is 6.64. The molecule has 1 aromatic heterocycles. The topological polar surface area (TPSA) is 179 Å². The van der Waals surface area contributed by atoms with Crippen LogP contribution in [0.25, 0.3) is 6.08 Å². The van der Waals surface area contributed by atoms with Crippen LogP contribution in [0, 0.1) is 6.92 Å². The Labute approximate surface area is 242 Å². The molecular weight excluding hydrogens is 544 g/mol. The maximum absolute atomic E-state index is 12.0. The third-order valence-electron chi connectivity index (χ3n) is 6.64. The number of aryl methyl sites for hydroxylation is 1. The molecule has 0 spiro atoms. The Morgan fingerprint density at radius 3 is 2.60 bits per heavy atom. The van der Waals surface area contributed by atoms with Crippen LogP contribution in [0.15, 0.2) is 60.9 Å². The molecular formula is C29H32N6O7. The highest BCUT2D eigenvalue weighted by molar-refractivity contribution is 5.93. The highest BCUT2D eigenvalue weighted by Crippen LogP contribution is 2.36. The standard InChI is InChI=1S/C29H32N6O7/c1-3-31-29(38)35-26-22(30)25(32-15-33-26)34-27-24-23(41-21(42-24)12-10-17-7-5-4-6-8-17)20(40-27)14-39-19-11-9-16(2)13-18(19)28(36)37/h4-13,15,20-21,23-24,27H,3,14,30H2,1-2H3,(H,36,37)(H3,31,32,33,34,35,38)/b12-10+/t20?,21-,23?,24?,27?/m0/s1. The zero-order chi connectivity index (χ0) is 29.6. The van der Waals surface area contributed by atoms with Crippen LogP contribution in [0.5, 0.6) is 5.75 Å². The SMILES string of the molecule is CCNC(=O)Nc1ncnc(NC2OC(COc3ccc(C)cc3C(=O)O)C3O[C@H](/C=C/c4ccccc4)OC23)c1N. The molecule has 220 valence electrons. The van der Waals surface area contributed by atoms with Gasteiger partial charge in [-0.25, -0.2) is 19.6 Å². The van der Waals surface area contributed by atoms with Gasteiger partial charge in [-0.3, -0.25) is 5.32 Å². The van der Waals surface area contributed by atoms with Gasteiger partial charge in [0, 0.05) is 6.54 Å². The summed E-state index contributed by atoms with van der Waals surface area (Å²) >= 11 is 0. The number of carbonyl (C=O) groups is 2. The van der Waals surface area contributed by atoms with Crippen molar-refractivity contribution in [1.29, 1.82) is 0 Å². The second-order valence-corrected chi connectivity index (χ2v) is 9.66. The van der Waals surface area contributed by atoms with Gasteiger partial charge in [-0.2, -0.15) is 0 Å². The molecule has 42 heavy (non-hydrogen) atoms. The smallest absolute Gasteiger partial charge is 0.339 e. The van der Waals surface area contributed by atoms with Crippen molar-refractivity contribution in [1.82, 2.24) is 15.3 Å². The van der Waals surface area contributed by atoms with E-state index in [1.807, 2.05) is 36.4 Å². The molecule has 5 atom stereocenters. The minimum atomic E-state index is -1.10. The number of hydrogen-bond donors (Lipinski definition) is 5. The zero-order valence-electron chi connectivity index (χ0n) is 23.0. The molecule has 0 saturated carbocycles.